The summed E-state index contributed by atoms with van der Waals surface area (Å²) >= 11 is 3.17. The van der Waals surface area contributed by atoms with Crippen LogP contribution in [-0.4, -0.2) is 16.5 Å². The Morgan fingerprint density at radius 3 is 2.76 bits per heavy atom. The van der Waals surface area contributed by atoms with E-state index >= 15 is 0 Å². The molecule has 0 atom stereocenters. The first-order valence-corrected chi connectivity index (χ1v) is 6.19. The van der Waals surface area contributed by atoms with E-state index in [0.717, 1.165) is 6.42 Å². The number of pyridine rings is 1. The summed E-state index contributed by atoms with van der Waals surface area (Å²) in [5.41, 5.74) is 0.0779. The van der Waals surface area contributed by atoms with Crippen LogP contribution >= 0.6 is 15.9 Å². The second kappa shape index (κ2) is 5.44. The molecule has 0 spiro atoms. The molecular weight excluding hydrogens is 286 g/mol. The van der Waals surface area contributed by atoms with Gasteiger partial charge in [-0.1, -0.05) is 20.8 Å². The van der Waals surface area contributed by atoms with E-state index in [2.05, 4.69) is 47.0 Å². The molecule has 0 saturated heterocycles. The first-order chi connectivity index (χ1) is 7.85. The van der Waals surface area contributed by atoms with Crippen molar-refractivity contribution in [3.8, 4) is 0 Å². The van der Waals surface area contributed by atoms with Gasteiger partial charge in [-0.25, -0.2) is 4.98 Å². The standard InChI is InChI=1S/C11H16BrN3O2/c1-4-11(2,3)7-14-10-9(15(16)17)5-8(12)6-13-10/h5-6H,4,7H2,1-3H3,(H,13,14). The van der Waals surface area contributed by atoms with Gasteiger partial charge in [0.25, 0.3) is 0 Å². The Bertz CT molecular complexity index is 421. The number of halogens is 1. The number of nitrogens with one attached hydrogen (secondary N) is 1. The molecule has 6 heteroatoms. The number of nitrogens with zero attached hydrogens (tertiary/aromatic N) is 2. The van der Waals surface area contributed by atoms with Crippen molar-refractivity contribution < 1.29 is 4.92 Å². The fraction of sp³-hybridized carbons (Fsp3) is 0.545. The maximum absolute atomic E-state index is 10.9. The molecular formula is C11H16BrN3O2. The molecule has 1 rings (SSSR count). The van der Waals surface area contributed by atoms with E-state index in [4.69, 9.17) is 0 Å². The zero-order valence-electron chi connectivity index (χ0n) is 10.2. The maximum Gasteiger partial charge on any atom is 0.312 e. The molecule has 1 N–H and O–H groups in total. The van der Waals surface area contributed by atoms with Crippen molar-refractivity contribution in [2.75, 3.05) is 11.9 Å². The van der Waals surface area contributed by atoms with Crippen molar-refractivity contribution in [2.24, 2.45) is 5.41 Å². The van der Waals surface area contributed by atoms with Crippen molar-refractivity contribution in [3.63, 3.8) is 0 Å². The summed E-state index contributed by atoms with van der Waals surface area (Å²) in [4.78, 5) is 14.5. The molecule has 0 fully saturated rings. The minimum Gasteiger partial charge on any atom is -0.364 e. The van der Waals surface area contributed by atoms with Gasteiger partial charge in [-0.2, -0.15) is 0 Å². The highest BCUT2D eigenvalue weighted by Gasteiger charge is 2.19. The molecule has 1 aromatic rings. The lowest BCUT2D eigenvalue weighted by molar-refractivity contribution is -0.384. The van der Waals surface area contributed by atoms with Gasteiger partial charge in [-0.3, -0.25) is 10.1 Å². The molecule has 0 unspecified atom stereocenters. The van der Waals surface area contributed by atoms with E-state index in [1.165, 1.54) is 6.07 Å². The maximum atomic E-state index is 10.9. The van der Waals surface area contributed by atoms with Crippen LogP contribution in [0, 0.1) is 15.5 Å². The third-order valence-corrected chi connectivity index (χ3v) is 3.16. The Labute approximate surface area is 109 Å². The SMILES string of the molecule is CCC(C)(C)CNc1ncc(Br)cc1[N+](=O)[O-]. The lowest BCUT2D eigenvalue weighted by Crippen LogP contribution is -2.22. The van der Waals surface area contributed by atoms with E-state index in [0.29, 0.717) is 16.8 Å². The van der Waals surface area contributed by atoms with Crippen LogP contribution in [0.4, 0.5) is 11.5 Å². The smallest absolute Gasteiger partial charge is 0.312 e. The Morgan fingerprint density at radius 2 is 2.24 bits per heavy atom. The van der Waals surface area contributed by atoms with Gasteiger partial charge < -0.3 is 5.32 Å². The zero-order chi connectivity index (χ0) is 13.1. The van der Waals surface area contributed by atoms with E-state index in [-0.39, 0.29) is 11.1 Å². The third-order valence-electron chi connectivity index (χ3n) is 2.72. The van der Waals surface area contributed by atoms with Gasteiger partial charge in [-0.05, 0) is 27.8 Å². The molecule has 1 aromatic heterocycles. The molecule has 17 heavy (non-hydrogen) atoms. The van der Waals surface area contributed by atoms with Crippen molar-refractivity contribution in [1.82, 2.24) is 4.98 Å². The lowest BCUT2D eigenvalue weighted by Gasteiger charge is -2.22. The fourth-order valence-electron chi connectivity index (χ4n) is 1.15. The molecule has 0 aliphatic carbocycles. The first kappa shape index (κ1) is 13.9. The second-order valence-electron chi connectivity index (χ2n) is 4.65. The fourth-order valence-corrected chi connectivity index (χ4v) is 1.47. The predicted octanol–water partition coefficient (Wildman–Crippen LogP) is 3.60. The normalized spacial score (nSPS) is 11.3. The summed E-state index contributed by atoms with van der Waals surface area (Å²) in [5, 5.41) is 13.9. The summed E-state index contributed by atoms with van der Waals surface area (Å²) < 4.78 is 0.601. The van der Waals surface area contributed by atoms with Crippen LogP contribution in [0.15, 0.2) is 16.7 Å². The number of hydrogen-bond donors (Lipinski definition) is 1. The van der Waals surface area contributed by atoms with Crippen molar-refractivity contribution in [1.29, 1.82) is 0 Å². The van der Waals surface area contributed by atoms with E-state index < -0.39 is 4.92 Å². The van der Waals surface area contributed by atoms with Crippen molar-refractivity contribution in [2.45, 2.75) is 27.2 Å². The number of nitro groups is 1. The highest BCUT2D eigenvalue weighted by molar-refractivity contribution is 9.10. The Hall–Kier alpha value is -1.17. The van der Waals surface area contributed by atoms with Crippen LogP contribution < -0.4 is 5.32 Å². The molecule has 0 aliphatic heterocycles. The minimum absolute atomic E-state index is 0.00808. The molecule has 0 amide bonds. The summed E-state index contributed by atoms with van der Waals surface area (Å²) in [6, 6.07) is 1.45. The topological polar surface area (TPSA) is 68.1 Å². The number of rotatable bonds is 5. The van der Waals surface area contributed by atoms with Crippen LogP contribution in [0.25, 0.3) is 0 Å². The van der Waals surface area contributed by atoms with E-state index in [1.807, 2.05) is 0 Å². The monoisotopic (exact) mass is 301 g/mol. The number of anilines is 1. The van der Waals surface area contributed by atoms with Gasteiger partial charge in [0, 0.05) is 23.3 Å². The Kier molecular flexibility index (Phi) is 4.45. The third kappa shape index (κ3) is 3.96. The quantitative estimate of drug-likeness (QED) is 0.666. The Morgan fingerprint density at radius 1 is 1.59 bits per heavy atom. The van der Waals surface area contributed by atoms with Gasteiger partial charge in [-0.15, -0.1) is 0 Å². The molecule has 1 heterocycles. The summed E-state index contributed by atoms with van der Waals surface area (Å²) in [6.07, 6.45) is 2.54. The lowest BCUT2D eigenvalue weighted by atomic mass is 9.90. The minimum atomic E-state index is -0.432. The van der Waals surface area contributed by atoms with E-state index in [1.54, 1.807) is 6.20 Å². The number of hydrogen-bond acceptors (Lipinski definition) is 4. The van der Waals surface area contributed by atoms with Crippen LogP contribution in [0.3, 0.4) is 0 Å². The predicted molar refractivity (Wildman–Crippen MR) is 71.2 cm³/mol. The van der Waals surface area contributed by atoms with E-state index in [9.17, 15) is 10.1 Å². The number of aromatic nitrogens is 1. The van der Waals surface area contributed by atoms with Gasteiger partial charge in [0.1, 0.15) is 0 Å². The molecule has 0 aromatic carbocycles. The van der Waals surface area contributed by atoms with Crippen LogP contribution in [0.5, 0.6) is 0 Å². The summed E-state index contributed by atoms with van der Waals surface area (Å²) in [7, 11) is 0. The average molecular weight is 302 g/mol. The van der Waals surface area contributed by atoms with Gasteiger partial charge >= 0.3 is 5.69 Å². The van der Waals surface area contributed by atoms with Crippen LogP contribution in [0.1, 0.15) is 27.2 Å². The van der Waals surface area contributed by atoms with Crippen LogP contribution in [-0.2, 0) is 0 Å². The summed E-state index contributed by atoms with van der Waals surface area (Å²) in [6.45, 7) is 6.94. The molecule has 0 bridgehead atoms. The zero-order valence-corrected chi connectivity index (χ0v) is 11.7. The van der Waals surface area contributed by atoms with Gasteiger partial charge in [0.05, 0.1) is 4.92 Å². The average Bonchev–Trinajstić information content (AvgIpc) is 2.27. The largest absolute Gasteiger partial charge is 0.364 e. The van der Waals surface area contributed by atoms with Gasteiger partial charge in [0.2, 0.25) is 5.82 Å². The first-order valence-electron chi connectivity index (χ1n) is 5.39. The van der Waals surface area contributed by atoms with Crippen LogP contribution in [0.2, 0.25) is 0 Å². The van der Waals surface area contributed by atoms with Crippen molar-refractivity contribution in [3.05, 3.63) is 26.9 Å². The highest BCUT2D eigenvalue weighted by atomic mass is 79.9. The summed E-state index contributed by atoms with van der Waals surface area (Å²) in [5.74, 6) is 0.319. The molecule has 94 valence electrons. The molecule has 0 radical (unpaired) electrons. The second-order valence-corrected chi connectivity index (χ2v) is 5.57. The molecule has 0 aliphatic rings. The van der Waals surface area contributed by atoms with Crippen molar-refractivity contribution >= 4 is 27.4 Å². The highest BCUT2D eigenvalue weighted by Crippen LogP contribution is 2.27. The Balaban J connectivity index is 2.88. The molecule has 0 saturated carbocycles. The van der Waals surface area contributed by atoms with Gasteiger partial charge in [0.15, 0.2) is 0 Å². The molecule has 5 nitrogen and oxygen atoms in total.